The van der Waals surface area contributed by atoms with Gasteiger partial charge in [-0.1, -0.05) is 250 Å². The van der Waals surface area contributed by atoms with Crippen molar-refractivity contribution in [1.29, 1.82) is 0 Å². The maximum absolute atomic E-state index is 12.8. The normalized spacial score (nSPS) is 12.2. The molecule has 0 aromatic heterocycles. The summed E-state index contributed by atoms with van der Waals surface area (Å²) in [4.78, 5) is 38.1. The zero-order chi connectivity index (χ0) is 47.9. The Morgan fingerprint density at radius 2 is 0.545 bits per heavy atom. The number of hydrogen-bond acceptors (Lipinski definition) is 6. The third kappa shape index (κ3) is 52.6. The van der Waals surface area contributed by atoms with Crippen LogP contribution in [-0.4, -0.2) is 37.2 Å². The molecule has 6 heteroatoms. The van der Waals surface area contributed by atoms with Crippen molar-refractivity contribution in [3.8, 4) is 0 Å². The van der Waals surface area contributed by atoms with E-state index in [4.69, 9.17) is 14.2 Å². The minimum Gasteiger partial charge on any atom is -0.462 e. The lowest BCUT2D eigenvalue weighted by molar-refractivity contribution is -0.167. The fourth-order valence-electron chi connectivity index (χ4n) is 8.47. The van der Waals surface area contributed by atoms with Crippen LogP contribution in [-0.2, 0) is 28.6 Å². The molecule has 0 saturated carbocycles. The maximum Gasteiger partial charge on any atom is 0.306 e. The van der Waals surface area contributed by atoms with Gasteiger partial charge >= 0.3 is 17.9 Å². The van der Waals surface area contributed by atoms with Crippen molar-refractivity contribution in [3.05, 3.63) is 36.5 Å². The van der Waals surface area contributed by atoms with E-state index in [1.165, 1.54) is 186 Å². The Hall–Kier alpha value is -2.37. The van der Waals surface area contributed by atoms with Crippen LogP contribution in [0.5, 0.6) is 0 Å². The van der Waals surface area contributed by atoms with E-state index in [1.807, 2.05) is 0 Å². The van der Waals surface area contributed by atoms with E-state index < -0.39 is 6.10 Å². The number of ether oxygens (including phenoxy) is 3. The third-order valence-electron chi connectivity index (χ3n) is 12.9. The van der Waals surface area contributed by atoms with Crippen molar-refractivity contribution in [2.24, 2.45) is 0 Å². The van der Waals surface area contributed by atoms with Gasteiger partial charge in [-0.05, 0) is 77.0 Å². The van der Waals surface area contributed by atoms with Gasteiger partial charge in [0.05, 0.1) is 0 Å². The largest absolute Gasteiger partial charge is 0.462 e. The van der Waals surface area contributed by atoms with E-state index in [9.17, 15) is 14.4 Å². The number of allylic oxidation sites excluding steroid dienone is 6. The van der Waals surface area contributed by atoms with Gasteiger partial charge in [-0.3, -0.25) is 14.4 Å². The summed E-state index contributed by atoms with van der Waals surface area (Å²) in [6.07, 6.45) is 65.6. The molecule has 6 nitrogen and oxygen atoms in total. The van der Waals surface area contributed by atoms with Gasteiger partial charge in [0.2, 0.25) is 0 Å². The lowest BCUT2D eigenvalue weighted by Gasteiger charge is -2.18. The molecule has 0 aliphatic carbocycles. The highest BCUT2D eigenvalue weighted by Crippen LogP contribution is 2.16. The second-order valence-electron chi connectivity index (χ2n) is 19.6. The van der Waals surface area contributed by atoms with Crippen LogP contribution in [0, 0.1) is 0 Å². The minimum absolute atomic E-state index is 0.0756. The van der Waals surface area contributed by atoms with E-state index >= 15 is 0 Å². The summed E-state index contributed by atoms with van der Waals surface area (Å²) < 4.78 is 16.9. The van der Waals surface area contributed by atoms with E-state index in [-0.39, 0.29) is 31.1 Å². The van der Waals surface area contributed by atoms with Crippen LogP contribution in [0.1, 0.15) is 310 Å². The fraction of sp³-hybridized carbons (Fsp3) is 0.850. The zero-order valence-electron chi connectivity index (χ0n) is 44.2. The van der Waals surface area contributed by atoms with Crippen LogP contribution in [0.25, 0.3) is 0 Å². The zero-order valence-corrected chi connectivity index (χ0v) is 44.2. The molecule has 0 N–H and O–H groups in total. The van der Waals surface area contributed by atoms with Crippen LogP contribution in [0.15, 0.2) is 36.5 Å². The Morgan fingerprint density at radius 1 is 0.303 bits per heavy atom. The number of carbonyl (C=O) groups is 3. The summed E-state index contributed by atoms with van der Waals surface area (Å²) in [5.74, 6) is -0.877. The van der Waals surface area contributed by atoms with E-state index in [1.54, 1.807) is 0 Å². The predicted octanol–water partition coefficient (Wildman–Crippen LogP) is 19.3. The number of rotatable bonds is 53. The Kier molecular flexibility index (Phi) is 53.2. The summed E-state index contributed by atoms with van der Waals surface area (Å²) in [5.41, 5.74) is 0. The van der Waals surface area contributed by atoms with Gasteiger partial charge in [0, 0.05) is 19.3 Å². The first kappa shape index (κ1) is 63.6. The lowest BCUT2D eigenvalue weighted by Crippen LogP contribution is -2.30. The molecule has 0 rings (SSSR count). The fourth-order valence-corrected chi connectivity index (χ4v) is 8.47. The van der Waals surface area contributed by atoms with Crippen LogP contribution < -0.4 is 0 Å². The van der Waals surface area contributed by atoms with Crippen LogP contribution in [0.4, 0.5) is 0 Å². The molecule has 0 amide bonds. The summed E-state index contributed by atoms with van der Waals surface area (Å²) in [5, 5.41) is 0. The van der Waals surface area contributed by atoms with E-state index in [0.717, 1.165) is 83.5 Å². The molecule has 0 aliphatic heterocycles. The van der Waals surface area contributed by atoms with Gasteiger partial charge in [-0.15, -0.1) is 0 Å². The van der Waals surface area contributed by atoms with Gasteiger partial charge in [-0.25, -0.2) is 0 Å². The minimum atomic E-state index is -0.778. The number of carbonyl (C=O) groups excluding carboxylic acids is 3. The lowest BCUT2D eigenvalue weighted by atomic mass is 10.0. The van der Waals surface area contributed by atoms with Crippen molar-refractivity contribution in [1.82, 2.24) is 0 Å². The highest BCUT2D eigenvalue weighted by molar-refractivity contribution is 5.71. The van der Waals surface area contributed by atoms with Gasteiger partial charge < -0.3 is 14.2 Å². The van der Waals surface area contributed by atoms with E-state index in [0.29, 0.717) is 19.3 Å². The molecular formula is C60H110O6. The first-order valence-electron chi connectivity index (χ1n) is 29.0. The Balaban J connectivity index is 4.35. The highest BCUT2D eigenvalue weighted by atomic mass is 16.6. The summed E-state index contributed by atoms with van der Waals surface area (Å²) >= 11 is 0. The van der Waals surface area contributed by atoms with Crippen molar-refractivity contribution in [2.45, 2.75) is 316 Å². The Labute approximate surface area is 410 Å². The third-order valence-corrected chi connectivity index (χ3v) is 12.9. The van der Waals surface area contributed by atoms with Crippen LogP contribution in [0.3, 0.4) is 0 Å². The number of esters is 3. The summed E-state index contributed by atoms with van der Waals surface area (Å²) in [7, 11) is 0. The summed E-state index contributed by atoms with van der Waals surface area (Å²) in [6, 6.07) is 0. The molecule has 1 atom stereocenters. The SMILES string of the molecule is CCCCC/C=C/C/C=C/CCCCCCCC(=O)O[C@H](COC(=O)CCCCCCCCC/C=C/CCCCCC)COC(=O)CCCCCCCCCCCCCCCCCCCC. The Morgan fingerprint density at radius 3 is 0.894 bits per heavy atom. The first-order chi connectivity index (χ1) is 32.5. The van der Waals surface area contributed by atoms with Crippen molar-refractivity contribution >= 4 is 17.9 Å². The number of unbranched alkanes of at least 4 members (excludes halogenated alkanes) is 36. The van der Waals surface area contributed by atoms with Crippen molar-refractivity contribution in [3.63, 3.8) is 0 Å². The molecule has 0 heterocycles. The van der Waals surface area contributed by atoms with Gasteiger partial charge in [0.1, 0.15) is 13.2 Å². The molecule has 0 spiro atoms. The highest BCUT2D eigenvalue weighted by Gasteiger charge is 2.19. The topological polar surface area (TPSA) is 78.9 Å². The van der Waals surface area contributed by atoms with Gasteiger partial charge in [0.25, 0.3) is 0 Å². The molecule has 386 valence electrons. The summed E-state index contributed by atoms with van der Waals surface area (Å²) in [6.45, 7) is 6.63. The van der Waals surface area contributed by atoms with Crippen molar-refractivity contribution < 1.29 is 28.6 Å². The maximum atomic E-state index is 12.8. The molecule has 0 unspecified atom stereocenters. The van der Waals surface area contributed by atoms with Crippen molar-refractivity contribution in [2.75, 3.05) is 13.2 Å². The smallest absolute Gasteiger partial charge is 0.306 e. The predicted molar refractivity (Wildman–Crippen MR) is 284 cm³/mol. The van der Waals surface area contributed by atoms with Gasteiger partial charge in [0.15, 0.2) is 6.10 Å². The molecule has 0 aromatic rings. The van der Waals surface area contributed by atoms with Gasteiger partial charge in [-0.2, -0.15) is 0 Å². The van der Waals surface area contributed by atoms with Crippen LogP contribution >= 0.6 is 0 Å². The first-order valence-corrected chi connectivity index (χ1v) is 29.0. The second-order valence-corrected chi connectivity index (χ2v) is 19.6. The molecule has 0 bridgehead atoms. The second kappa shape index (κ2) is 55.2. The number of hydrogen-bond donors (Lipinski definition) is 0. The standard InChI is InChI=1S/C60H110O6/c1-4-7-10-13-16-19-22-25-28-29-30-33-35-38-41-44-47-50-53-59(62)65-56-57(66-60(63)54-51-48-45-42-39-36-32-27-24-21-18-15-12-9-6-3)55-64-58(61)52-49-46-43-40-37-34-31-26-23-20-17-14-11-8-5-2/h18,20-21,23,27,32,57H,4-17,19,22,24-26,28-31,33-56H2,1-3H3/b21-18+,23-20+,32-27+/t57-/m1/s1. The molecular weight excluding hydrogens is 817 g/mol. The van der Waals surface area contributed by atoms with Crippen LogP contribution in [0.2, 0.25) is 0 Å². The molecule has 0 radical (unpaired) electrons. The molecule has 66 heavy (non-hydrogen) atoms. The van der Waals surface area contributed by atoms with E-state index in [2.05, 4.69) is 57.2 Å². The molecule has 0 aliphatic rings. The molecule has 0 saturated heterocycles. The molecule has 0 aromatic carbocycles. The molecule has 0 fully saturated rings. The average molecular weight is 928 g/mol. The Bertz CT molecular complexity index is 1110. The monoisotopic (exact) mass is 927 g/mol. The average Bonchev–Trinajstić information content (AvgIpc) is 3.31. The quantitative estimate of drug-likeness (QED) is 0.0262.